The average Bonchev–Trinajstić information content (AvgIpc) is 2.26. The van der Waals surface area contributed by atoms with Crippen molar-refractivity contribution in [1.29, 1.82) is 0 Å². The van der Waals surface area contributed by atoms with Crippen molar-refractivity contribution in [3.05, 3.63) is 34.3 Å². The predicted octanol–water partition coefficient (Wildman–Crippen LogP) is 3.71. The molecule has 0 aromatic heterocycles. The Balaban J connectivity index is 2.15. The number of nitrogens with zero attached hydrogens (tertiary/aromatic N) is 1. The predicted molar refractivity (Wildman–Crippen MR) is 73.1 cm³/mol. The number of rotatable bonds is 1. The summed E-state index contributed by atoms with van der Waals surface area (Å²) in [5.74, 6) is 0.152. The minimum atomic E-state index is 0.152. The van der Waals surface area contributed by atoms with Crippen molar-refractivity contribution in [3.63, 3.8) is 0 Å². The van der Waals surface area contributed by atoms with Gasteiger partial charge in [0.1, 0.15) is 0 Å². The van der Waals surface area contributed by atoms with Gasteiger partial charge in [0.15, 0.2) is 0 Å². The minimum absolute atomic E-state index is 0.152. The molecule has 2 nitrogen and oxygen atoms in total. The van der Waals surface area contributed by atoms with Crippen LogP contribution in [0.1, 0.15) is 37.0 Å². The molecule has 1 fully saturated rings. The van der Waals surface area contributed by atoms with E-state index in [1.165, 1.54) is 6.42 Å². The van der Waals surface area contributed by atoms with Crippen LogP contribution in [0.3, 0.4) is 0 Å². The van der Waals surface area contributed by atoms with E-state index in [1.54, 1.807) is 0 Å². The first kappa shape index (κ1) is 12.6. The summed E-state index contributed by atoms with van der Waals surface area (Å²) >= 11 is 3.41. The van der Waals surface area contributed by atoms with Gasteiger partial charge in [0.25, 0.3) is 5.91 Å². The number of hydrogen-bond acceptors (Lipinski definition) is 1. The van der Waals surface area contributed by atoms with Gasteiger partial charge in [-0.15, -0.1) is 0 Å². The molecule has 0 spiro atoms. The van der Waals surface area contributed by atoms with Crippen LogP contribution >= 0.6 is 15.9 Å². The van der Waals surface area contributed by atoms with Gasteiger partial charge >= 0.3 is 0 Å². The lowest BCUT2D eigenvalue weighted by molar-refractivity contribution is 0.0583. The fourth-order valence-corrected chi connectivity index (χ4v) is 2.80. The van der Waals surface area contributed by atoms with E-state index < -0.39 is 0 Å². The van der Waals surface area contributed by atoms with Gasteiger partial charge in [-0.1, -0.05) is 35.8 Å². The summed E-state index contributed by atoms with van der Waals surface area (Å²) < 4.78 is 0.958. The Bertz CT molecular complexity index is 428. The first-order valence-electron chi connectivity index (χ1n) is 6.03. The molecule has 92 valence electrons. The van der Waals surface area contributed by atoms with Gasteiger partial charge in [-0.25, -0.2) is 0 Å². The number of piperidine rings is 1. The second-order valence-corrected chi connectivity index (χ2v) is 6.42. The molecule has 17 heavy (non-hydrogen) atoms. The van der Waals surface area contributed by atoms with Crippen LogP contribution in [0.25, 0.3) is 0 Å². The van der Waals surface area contributed by atoms with Gasteiger partial charge in [0.2, 0.25) is 0 Å². The van der Waals surface area contributed by atoms with Crippen molar-refractivity contribution in [1.82, 2.24) is 4.90 Å². The van der Waals surface area contributed by atoms with Crippen molar-refractivity contribution >= 4 is 21.8 Å². The van der Waals surface area contributed by atoms with E-state index in [0.29, 0.717) is 0 Å². The number of carbonyl (C=O) groups is 1. The molecule has 0 unspecified atom stereocenters. The number of likely N-dealkylation sites (tertiary alicyclic amines) is 1. The SMILES string of the molecule is CC1(C)CCCN(C(=O)c2cccc(Br)c2)C1. The molecule has 1 aliphatic heterocycles. The van der Waals surface area contributed by atoms with Crippen molar-refractivity contribution < 1.29 is 4.79 Å². The first-order chi connectivity index (χ1) is 7.98. The molecule has 0 N–H and O–H groups in total. The number of amides is 1. The Labute approximate surface area is 111 Å². The molecule has 1 amide bonds. The van der Waals surface area contributed by atoms with E-state index in [-0.39, 0.29) is 11.3 Å². The molecule has 1 aromatic rings. The van der Waals surface area contributed by atoms with E-state index in [0.717, 1.165) is 29.5 Å². The van der Waals surface area contributed by atoms with Crippen molar-refractivity contribution in [3.8, 4) is 0 Å². The molecule has 2 rings (SSSR count). The lowest BCUT2D eigenvalue weighted by Gasteiger charge is -2.38. The monoisotopic (exact) mass is 295 g/mol. The Hall–Kier alpha value is -0.830. The van der Waals surface area contributed by atoms with E-state index >= 15 is 0 Å². The van der Waals surface area contributed by atoms with Crippen molar-refractivity contribution in [2.75, 3.05) is 13.1 Å². The van der Waals surface area contributed by atoms with Crippen LogP contribution < -0.4 is 0 Å². The summed E-state index contributed by atoms with van der Waals surface area (Å²) in [5.41, 5.74) is 1.02. The third kappa shape index (κ3) is 3.09. The highest BCUT2D eigenvalue weighted by Gasteiger charge is 2.29. The molecule has 1 aliphatic rings. The molecule has 1 saturated heterocycles. The second kappa shape index (κ2) is 4.81. The van der Waals surface area contributed by atoms with Crippen LogP contribution in [-0.2, 0) is 0 Å². The summed E-state index contributed by atoms with van der Waals surface area (Å²) in [4.78, 5) is 14.3. The van der Waals surface area contributed by atoms with Crippen LogP contribution in [0.2, 0.25) is 0 Å². The highest BCUT2D eigenvalue weighted by molar-refractivity contribution is 9.10. The molecule has 0 aliphatic carbocycles. The Morgan fingerprint density at radius 2 is 2.18 bits per heavy atom. The highest BCUT2D eigenvalue weighted by Crippen LogP contribution is 2.29. The van der Waals surface area contributed by atoms with Crippen LogP contribution in [0.4, 0.5) is 0 Å². The summed E-state index contributed by atoms with van der Waals surface area (Å²) in [6.07, 6.45) is 2.31. The zero-order valence-electron chi connectivity index (χ0n) is 10.4. The normalized spacial score (nSPS) is 19.1. The maximum Gasteiger partial charge on any atom is 0.253 e. The Morgan fingerprint density at radius 3 is 2.82 bits per heavy atom. The average molecular weight is 296 g/mol. The first-order valence-corrected chi connectivity index (χ1v) is 6.82. The van der Waals surface area contributed by atoms with Gasteiger partial charge in [-0.3, -0.25) is 4.79 Å². The summed E-state index contributed by atoms with van der Waals surface area (Å²) in [6, 6.07) is 7.63. The standard InChI is InChI=1S/C14H18BrNO/c1-14(2)7-4-8-16(10-14)13(17)11-5-3-6-12(15)9-11/h3,5-6,9H,4,7-8,10H2,1-2H3. The Kier molecular flexibility index (Phi) is 3.57. The number of halogens is 1. The van der Waals surface area contributed by atoms with Gasteiger partial charge in [-0.2, -0.15) is 0 Å². The van der Waals surface area contributed by atoms with E-state index in [2.05, 4.69) is 29.8 Å². The molecule has 3 heteroatoms. The molecule has 0 bridgehead atoms. The van der Waals surface area contributed by atoms with Crippen molar-refractivity contribution in [2.24, 2.45) is 5.41 Å². The largest absolute Gasteiger partial charge is 0.338 e. The third-order valence-corrected chi connectivity index (χ3v) is 3.75. The van der Waals surface area contributed by atoms with Crippen LogP contribution in [-0.4, -0.2) is 23.9 Å². The van der Waals surface area contributed by atoms with E-state index in [1.807, 2.05) is 29.2 Å². The number of benzene rings is 1. The smallest absolute Gasteiger partial charge is 0.253 e. The van der Waals surface area contributed by atoms with Gasteiger partial charge in [-0.05, 0) is 36.5 Å². The van der Waals surface area contributed by atoms with Gasteiger partial charge in [0.05, 0.1) is 0 Å². The van der Waals surface area contributed by atoms with Crippen LogP contribution in [0.15, 0.2) is 28.7 Å². The molecular weight excluding hydrogens is 278 g/mol. The second-order valence-electron chi connectivity index (χ2n) is 5.50. The molecular formula is C14H18BrNO. The summed E-state index contributed by atoms with van der Waals surface area (Å²) in [7, 11) is 0. The highest BCUT2D eigenvalue weighted by atomic mass is 79.9. The number of hydrogen-bond donors (Lipinski definition) is 0. The summed E-state index contributed by atoms with van der Waals surface area (Å²) in [5, 5.41) is 0. The van der Waals surface area contributed by atoms with Gasteiger partial charge in [0, 0.05) is 23.1 Å². The third-order valence-electron chi connectivity index (χ3n) is 3.26. The van der Waals surface area contributed by atoms with Crippen LogP contribution in [0.5, 0.6) is 0 Å². The van der Waals surface area contributed by atoms with Crippen molar-refractivity contribution in [2.45, 2.75) is 26.7 Å². The zero-order valence-corrected chi connectivity index (χ0v) is 12.0. The maximum atomic E-state index is 12.3. The van der Waals surface area contributed by atoms with Gasteiger partial charge < -0.3 is 4.90 Å². The lowest BCUT2D eigenvalue weighted by atomic mass is 9.84. The van der Waals surface area contributed by atoms with Crippen LogP contribution in [0, 0.1) is 5.41 Å². The van der Waals surface area contributed by atoms with E-state index in [4.69, 9.17) is 0 Å². The zero-order chi connectivity index (χ0) is 12.5. The topological polar surface area (TPSA) is 20.3 Å². The molecule has 1 heterocycles. The number of carbonyl (C=O) groups excluding carboxylic acids is 1. The Morgan fingerprint density at radius 1 is 1.41 bits per heavy atom. The molecule has 0 saturated carbocycles. The molecule has 0 radical (unpaired) electrons. The molecule has 1 aromatic carbocycles. The molecule has 0 atom stereocenters. The quantitative estimate of drug-likeness (QED) is 0.773. The summed E-state index contributed by atoms with van der Waals surface area (Å²) in [6.45, 7) is 6.20. The fourth-order valence-electron chi connectivity index (χ4n) is 2.40. The minimum Gasteiger partial charge on any atom is -0.338 e. The lowest BCUT2D eigenvalue weighted by Crippen LogP contribution is -2.43. The maximum absolute atomic E-state index is 12.3. The fraction of sp³-hybridized carbons (Fsp3) is 0.500. The van der Waals surface area contributed by atoms with E-state index in [9.17, 15) is 4.79 Å².